The van der Waals surface area contributed by atoms with Crippen molar-refractivity contribution in [1.82, 2.24) is 61.0 Å². The van der Waals surface area contributed by atoms with Gasteiger partial charge >= 0.3 is 0 Å². The fourth-order valence-electron chi connectivity index (χ4n) is 1.92. The molecular formula is C11H10N12. The number of hydrogen-bond donors (Lipinski definition) is 1. The van der Waals surface area contributed by atoms with Crippen LogP contribution in [-0.2, 0) is 13.1 Å². The average Bonchev–Trinajstić information content (AvgIpc) is 3.32. The summed E-state index contributed by atoms with van der Waals surface area (Å²) in [6, 6.07) is 9.60. The highest BCUT2D eigenvalue weighted by atomic mass is 15.6. The summed E-state index contributed by atoms with van der Waals surface area (Å²) in [6.07, 6.45) is 0. The molecule has 1 N–H and O–H groups in total. The lowest BCUT2D eigenvalue weighted by atomic mass is 10.2. The molecule has 0 bridgehead atoms. The minimum Gasteiger partial charge on any atom is -0.177 e. The molecule has 0 amide bonds. The van der Waals surface area contributed by atoms with Crippen LogP contribution in [0, 0.1) is 0 Å². The monoisotopic (exact) mass is 310 g/mol. The van der Waals surface area contributed by atoms with Crippen LogP contribution < -0.4 is 0 Å². The lowest BCUT2D eigenvalue weighted by molar-refractivity contribution is 0.535. The predicted molar refractivity (Wildman–Crippen MR) is 73.5 cm³/mol. The summed E-state index contributed by atoms with van der Waals surface area (Å²) in [5.41, 5.74) is 0.896. The molecule has 0 atom stereocenters. The van der Waals surface area contributed by atoms with E-state index in [1.54, 1.807) is 0 Å². The molecule has 4 rings (SSSR count). The molecule has 12 heteroatoms. The Morgan fingerprint density at radius 2 is 1.61 bits per heavy atom. The van der Waals surface area contributed by atoms with E-state index in [-0.39, 0.29) is 13.1 Å². The Hall–Kier alpha value is -3.57. The van der Waals surface area contributed by atoms with E-state index in [0.29, 0.717) is 17.5 Å². The molecule has 0 aliphatic heterocycles. The first-order valence-corrected chi connectivity index (χ1v) is 6.69. The second kappa shape index (κ2) is 5.67. The highest BCUT2D eigenvalue weighted by Crippen LogP contribution is 2.11. The Balaban J connectivity index is 1.46. The zero-order chi connectivity index (χ0) is 15.5. The van der Waals surface area contributed by atoms with Gasteiger partial charge in [0.05, 0.1) is 0 Å². The summed E-state index contributed by atoms with van der Waals surface area (Å²) >= 11 is 0. The van der Waals surface area contributed by atoms with Crippen molar-refractivity contribution in [2.75, 3.05) is 0 Å². The van der Waals surface area contributed by atoms with Crippen molar-refractivity contribution >= 4 is 0 Å². The first kappa shape index (κ1) is 13.1. The Morgan fingerprint density at radius 1 is 0.826 bits per heavy atom. The number of nitrogens with one attached hydrogen (secondary N) is 1. The van der Waals surface area contributed by atoms with E-state index in [1.165, 1.54) is 9.59 Å². The minimum absolute atomic E-state index is 0.270. The van der Waals surface area contributed by atoms with Crippen LogP contribution in [-0.4, -0.2) is 61.0 Å². The number of tetrazole rings is 3. The molecule has 3 aromatic heterocycles. The molecular weight excluding hydrogens is 300 g/mol. The van der Waals surface area contributed by atoms with Gasteiger partial charge in [-0.1, -0.05) is 35.5 Å². The second-order valence-electron chi connectivity index (χ2n) is 4.57. The van der Waals surface area contributed by atoms with Gasteiger partial charge in [0.15, 0.2) is 11.6 Å². The maximum Gasteiger partial charge on any atom is 0.204 e. The van der Waals surface area contributed by atoms with Crippen molar-refractivity contribution in [2.24, 2.45) is 0 Å². The van der Waals surface area contributed by atoms with Crippen LogP contribution in [0.1, 0.15) is 11.6 Å². The average molecular weight is 310 g/mol. The fourth-order valence-corrected chi connectivity index (χ4v) is 1.92. The number of aromatic nitrogens is 12. The van der Waals surface area contributed by atoms with E-state index in [4.69, 9.17) is 0 Å². The van der Waals surface area contributed by atoms with Crippen molar-refractivity contribution < 1.29 is 0 Å². The molecule has 0 fully saturated rings. The molecule has 114 valence electrons. The third kappa shape index (κ3) is 2.90. The van der Waals surface area contributed by atoms with Crippen molar-refractivity contribution in [1.29, 1.82) is 0 Å². The van der Waals surface area contributed by atoms with E-state index in [1.807, 2.05) is 30.3 Å². The van der Waals surface area contributed by atoms with Crippen LogP contribution in [0.3, 0.4) is 0 Å². The first-order chi connectivity index (χ1) is 11.4. The summed E-state index contributed by atoms with van der Waals surface area (Å²) in [5, 5.41) is 37.9. The number of hydrogen-bond acceptors (Lipinski definition) is 9. The molecule has 0 saturated heterocycles. The normalized spacial score (nSPS) is 11.0. The van der Waals surface area contributed by atoms with Crippen LogP contribution in [0.2, 0.25) is 0 Å². The van der Waals surface area contributed by atoms with E-state index < -0.39 is 0 Å². The van der Waals surface area contributed by atoms with Gasteiger partial charge in [0.1, 0.15) is 13.1 Å². The van der Waals surface area contributed by atoms with Gasteiger partial charge in [0.2, 0.25) is 5.82 Å². The first-order valence-electron chi connectivity index (χ1n) is 6.69. The van der Waals surface area contributed by atoms with Gasteiger partial charge in [0.25, 0.3) is 0 Å². The van der Waals surface area contributed by atoms with E-state index >= 15 is 0 Å². The summed E-state index contributed by atoms with van der Waals surface area (Å²) in [5.74, 6) is 1.48. The van der Waals surface area contributed by atoms with Crippen LogP contribution in [0.15, 0.2) is 30.3 Å². The van der Waals surface area contributed by atoms with Crippen molar-refractivity contribution in [2.45, 2.75) is 13.1 Å². The van der Waals surface area contributed by atoms with Gasteiger partial charge in [-0.3, -0.25) is 0 Å². The summed E-state index contributed by atoms with van der Waals surface area (Å²) in [6.45, 7) is 0.551. The van der Waals surface area contributed by atoms with Crippen molar-refractivity contribution in [3.05, 3.63) is 42.0 Å². The molecule has 12 nitrogen and oxygen atoms in total. The van der Waals surface area contributed by atoms with E-state index in [0.717, 1.165) is 5.56 Å². The summed E-state index contributed by atoms with van der Waals surface area (Å²) < 4.78 is 0. The Kier molecular flexibility index (Phi) is 3.23. The highest BCUT2D eigenvalue weighted by molar-refractivity contribution is 5.52. The molecule has 23 heavy (non-hydrogen) atoms. The highest BCUT2D eigenvalue weighted by Gasteiger charge is 2.10. The Morgan fingerprint density at radius 3 is 2.43 bits per heavy atom. The van der Waals surface area contributed by atoms with Crippen molar-refractivity contribution in [3.63, 3.8) is 0 Å². The van der Waals surface area contributed by atoms with Gasteiger partial charge in [-0.25, -0.2) is 0 Å². The molecule has 3 heterocycles. The summed E-state index contributed by atoms with van der Waals surface area (Å²) in [4.78, 5) is 2.78. The van der Waals surface area contributed by atoms with Gasteiger partial charge in [-0.05, 0) is 10.4 Å². The van der Waals surface area contributed by atoms with Gasteiger partial charge < -0.3 is 0 Å². The molecule has 1 aromatic carbocycles. The van der Waals surface area contributed by atoms with E-state index in [2.05, 4.69) is 51.4 Å². The zero-order valence-electron chi connectivity index (χ0n) is 11.7. The van der Waals surface area contributed by atoms with Crippen LogP contribution in [0.25, 0.3) is 11.4 Å². The van der Waals surface area contributed by atoms with Crippen molar-refractivity contribution in [3.8, 4) is 11.4 Å². The molecule has 0 radical (unpaired) electrons. The van der Waals surface area contributed by atoms with Gasteiger partial charge in [-0.2, -0.15) is 14.8 Å². The van der Waals surface area contributed by atoms with Crippen LogP contribution in [0.5, 0.6) is 0 Å². The predicted octanol–water partition coefficient (Wildman–Crippen LogP) is -1.06. The molecule has 0 aliphatic carbocycles. The molecule has 0 unspecified atom stereocenters. The minimum atomic E-state index is 0.270. The zero-order valence-corrected chi connectivity index (χ0v) is 11.7. The number of H-pyrrole nitrogens is 1. The lowest BCUT2D eigenvalue weighted by Gasteiger charge is -1.93. The lowest BCUT2D eigenvalue weighted by Crippen LogP contribution is -2.08. The summed E-state index contributed by atoms with van der Waals surface area (Å²) in [7, 11) is 0. The number of aromatic amines is 1. The quantitative estimate of drug-likeness (QED) is 0.487. The topological polar surface area (TPSA) is 142 Å². The van der Waals surface area contributed by atoms with E-state index in [9.17, 15) is 0 Å². The molecule has 0 saturated carbocycles. The maximum atomic E-state index is 4.30. The fraction of sp³-hybridized carbons (Fsp3) is 0.182. The van der Waals surface area contributed by atoms with Gasteiger partial charge in [-0.15, -0.1) is 30.6 Å². The van der Waals surface area contributed by atoms with Gasteiger partial charge in [0, 0.05) is 5.56 Å². The number of rotatable bonds is 5. The molecule has 0 spiro atoms. The second-order valence-corrected chi connectivity index (χ2v) is 4.57. The third-order valence-electron chi connectivity index (χ3n) is 2.93. The largest absolute Gasteiger partial charge is 0.204 e. The Labute approximate surface area is 128 Å². The van der Waals surface area contributed by atoms with Crippen LogP contribution >= 0.6 is 0 Å². The smallest absolute Gasteiger partial charge is 0.177 e. The standard InChI is InChI=1S/C11H10N12/c1-2-4-8(5-3-1)11-15-21-23(17-11)7-10-14-20-22(16-10)6-9-12-18-19-13-9/h1-5H,6-7H2,(H,12,13,18,19). The maximum absolute atomic E-state index is 4.30. The number of nitrogens with zero attached hydrogens (tertiary/aromatic N) is 11. The SMILES string of the molecule is c1ccc(-c2nnn(Cc3nnn(Cc4nn[nH]n4)n3)n2)cc1. The third-order valence-corrected chi connectivity index (χ3v) is 2.93. The molecule has 0 aliphatic rings. The Bertz CT molecular complexity index is 877. The van der Waals surface area contributed by atoms with Crippen LogP contribution in [0.4, 0.5) is 0 Å². The molecule has 4 aromatic rings. The number of benzene rings is 1.